The first-order valence-corrected chi connectivity index (χ1v) is 13.4. The molecule has 0 aromatic carbocycles. The molecular formula is C26H49N3O5. The van der Waals surface area contributed by atoms with Crippen LogP contribution in [0.2, 0.25) is 0 Å². The molecule has 8 heteroatoms. The first-order chi connectivity index (χ1) is 16.5. The summed E-state index contributed by atoms with van der Waals surface area (Å²) in [5.74, 6) is -0.192. The lowest BCUT2D eigenvalue weighted by Gasteiger charge is -2.29. The van der Waals surface area contributed by atoms with Gasteiger partial charge >= 0.3 is 0 Å². The van der Waals surface area contributed by atoms with E-state index in [0.717, 1.165) is 51.4 Å². The monoisotopic (exact) mass is 483 g/mol. The van der Waals surface area contributed by atoms with Crippen LogP contribution in [-0.4, -0.2) is 63.3 Å². The second kappa shape index (κ2) is 19.8. The molecule has 0 unspecified atom stereocenters. The number of ketones is 1. The van der Waals surface area contributed by atoms with Crippen molar-refractivity contribution in [3.05, 3.63) is 0 Å². The number of unbranched alkanes of at least 4 members (excludes halogenated alkanes) is 7. The van der Waals surface area contributed by atoms with Crippen LogP contribution in [-0.2, 0) is 23.9 Å². The third-order valence-electron chi connectivity index (χ3n) is 6.23. The molecule has 34 heavy (non-hydrogen) atoms. The maximum atomic E-state index is 12.1. The average molecular weight is 484 g/mol. The standard InChI is InChI=1S/C26H49N3O5/c1-23(30)13-9-7-5-3-4-6-8-10-14-24(31)28-19-21-33-26(16-11-12-17-26)34-22-20-29-25(32)15-18-27-2/h27H,3-22H2,1-2H3,(H,28,31)(H,29,32). The summed E-state index contributed by atoms with van der Waals surface area (Å²) in [6.07, 6.45) is 14.5. The Balaban J connectivity index is 2.01. The number of hydrogen-bond donors (Lipinski definition) is 3. The highest BCUT2D eigenvalue weighted by molar-refractivity contribution is 5.76. The van der Waals surface area contributed by atoms with E-state index in [-0.39, 0.29) is 17.6 Å². The van der Waals surface area contributed by atoms with Gasteiger partial charge in [-0.15, -0.1) is 0 Å². The minimum atomic E-state index is -0.577. The number of carbonyl (C=O) groups is 3. The van der Waals surface area contributed by atoms with Gasteiger partial charge in [0.2, 0.25) is 11.8 Å². The van der Waals surface area contributed by atoms with Crippen LogP contribution in [0.3, 0.4) is 0 Å². The maximum Gasteiger partial charge on any atom is 0.221 e. The lowest BCUT2D eigenvalue weighted by atomic mass is 10.1. The fourth-order valence-corrected chi connectivity index (χ4v) is 4.23. The van der Waals surface area contributed by atoms with Gasteiger partial charge in [-0.3, -0.25) is 9.59 Å². The van der Waals surface area contributed by atoms with Crippen molar-refractivity contribution >= 4 is 17.6 Å². The minimum absolute atomic E-state index is 0.0169. The van der Waals surface area contributed by atoms with Crippen LogP contribution in [0, 0.1) is 0 Å². The van der Waals surface area contributed by atoms with Crippen molar-refractivity contribution in [2.24, 2.45) is 0 Å². The maximum absolute atomic E-state index is 12.1. The topological polar surface area (TPSA) is 106 Å². The second-order valence-electron chi connectivity index (χ2n) is 9.40. The Kier molecular flexibility index (Phi) is 17.7. The summed E-state index contributed by atoms with van der Waals surface area (Å²) in [5, 5.41) is 8.77. The van der Waals surface area contributed by atoms with Crippen LogP contribution >= 0.6 is 0 Å². The molecule has 0 radical (unpaired) electrons. The van der Waals surface area contributed by atoms with Crippen molar-refractivity contribution in [2.45, 2.75) is 109 Å². The number of Topliss-reactive ketones (excluding diaryl/α,β-unsaturated/α-hetero) is 1. The van der Waals surface area contributed by atoms with Crippen LogP contribution in [0.15, 0.2) is 0 Å². The number of nitrogens with one attached hydrogen (secondary N) is 3. The molecule has 3 N–H and O–H groups in total. The van der Waals surface area contributed by atoms with Crippen molar-refractivity contribution in [3.8, 4) is 0 Å². The third-order valence-corrected chi connectivity index (χ3v) is 6.23. The molecule has 198 valence electrons. The van der Waals surface area contributed by atoms with E-state index in [4.69, 9.17) is 9.47 Å². The average Bonchev–Trinajstić information content (AvgIpc) is 3.28. The van der Waals surface area contributed by atoms with E-state index >= 15 is 0 Å². The van der Waals surface area contributed by atoms with Crippen molar-refractivity contribution in [3.63, 3.8) is 0 Å². The molecular weight excluding hydrogens is 434 g/mol. The molecule has 0 spiro atoms. The Morgan fingerprint density at radius 1 is 0.676 bits per heavy atom. The van der Waals surface area contributed by atoms with Gasteiger partial charge in [0, 0.05) is 51.7 Å². The Morgan fingerprint density at radius 2 is 1.15 bits per heavy atom. The largest absolute Gasteiger partial charge is 0.354 e. The predicted molar refractivity (Wildman–Crippen MR) is 135 cm³/mol. The molecule has 1 aliphatic rings. The van der Waals surface area contributed by atoms with E-state index in [0.29, 0.717) is 52.1 Å². The normalized spacial score (nSPS) is 14.8. The smallest absolute Gasteiger partial charge is 0.221 e. The second-order valence-corrected chi connectivity index (χ2v) is 9.40. The molecule has 0 atom stereocenters. The van der Waals surface area contributed by atoms with Gasteiger partial charge in [-0.05, 0) is 39.7 Å². The summed E-state index contributed by atoms with van der Waals surface area (Å²) in [4.78, 5) is 34.6. The summed E-state index contributed by atoms with van der Waals surface area (Å²) in [6, 6.07) is 0. The zero-order valence-electron chi connectivity index (χ0n) is 21.7. The first-order valence-electron chi connectivity index (χ1n) is 13.4. The molecule has 1 aliphatic carbocycles. The van der Waals surface area contributed by atoms with Gasteiger partial charge in [-0.25, -0.2) is 0 Å². The van der Waals surface area contributed by atoms with Crippen molar-refractivity contribution in [1.82, 2.24) is 16.0 Å². The number of hydrogen-bond acceptors (Lipinski definition) is 6. The molecule has 1 saturated carbocycles. The fraction of sp³-hybridized carbons (Fsp3) is 0.885. The molecule has 0 aliphatic heterocycles. The van der Waals surface area contributed by atoms with Crippen molar-refractivity contribution in [2.75, 3.05) is 39.9 Å². The number of carbonyl (C=O) groups excluding carboxylic acids is 3. The first kappa shape index (κ1) is 30.5. The summed E-state index contributed by atoms with van der Waals surface area (Å²) in [5.41, 5.74) is 0. The quantitative estimate of drug-likeness (QED) is 0.160. The SMILES string of the molecule is CNCCC(=O)NCCOC1(OCCNC(=O)CCCCCCCCCCC(C)=O)CCCC1. The molecule has 1 rings (SSSR count). The molecule has 0 saturated heterocycles. The van der Waals surface area contributed by atoms with Crippen LogP contribution in [0.4, 0.5) is 0 Å². The highest BCUT2D eigenvalue weighted by atomic mass is 16.7. The molecule has 1 fully saturated rings. The summed E-state index contributed by atoms with van der Waals surface area (Å²) in [6.45, 7) is 4.15. The predicted octanol–water partition coefficient (Wildman–Crippen LogP) is 3.62. The molecule has 0 aromatic rings. The Bertz CT molecular complexity index is 565. The third kappa shape index (κ3) is 16.2. The van der Waals surface area contributed by atoms with Crippen LogP contribution in [0.25, 0.3) is 0 Å². The Labute approximate surface area is 206 Å². The summed E-state index contributed by atoms with van der Waals surface area (Å²) >= 11 is 0. The Hall–Kier alpha value is -1.51. The molecule has 0 bridgehead atoms. The van der Waals surface area contributed by atoms with Crippen LogP contribution in [0.1, 0.15) is 103 Å². The summed E-state index contributed by atoms with van der Waals surface area (Å²) in [7, 11) is 1.82. The number of rotatable bonds is 22. The van der Waals surface area contributed by atoms with Gasteiger partial charge in [0.05, 0.1) is 13.2 Å². The van der Waals surface area contributed by atoms with E-state index in [9.17, 15) is 14.4 Å². The van der Waals surface area contributed by atoms with Crippen molar-refractivity contribution in [1.29, 1.82) is 0 Å². The van der Waals surface area contributed by atoms with E-state index in [1.165, 1.54) is 25.7 Å². The van der Waals surface area contributed by atoms with Gasteiger partial charge in [0.15, 0.2) is 5.79 Å². The van der Waals surface area contributed by atoms with Gasteiger partial charge in [-0.1, -0.05) is 38.5 Å². The van der Waals surface area contributed by atoms with Gasteiger partial charge in [0.25, 0.3) is 0 Å². The van der Waals surface area contributed by atoms with Gasteiger partial charge in [0.1, 0.15) is 5.78 Å². The highest BCUT2D eigenvalue weighted by Crippen LogP contribution is 2.34. The minimum Gasteiger partial charge on any atom is -0.354 e. The van der Waals surface area contributed by atoms with E-state index < -0.39 is 5.79 Å². The lowest BCUT2D eigenvalue weighted by Crippen LogP contribution is -2.39. The zero-order valence-corrected chi connectivity index (χ0v) is 21.7. The van der Waals surface area contributed by atoms with E-state index in [2.05, 4.69) is 16.0 Å². The highest BCUT2D eigenvalue weighted by Gasteiger charge is 2.35. The molecule has 2 amide bonds. The van der Waals surface area contributed by atoms with Crippen LogP contribution in [0.5, 0.6) is 0 Å². The molecule has 8 nitrogen and oxygen atoms in total. The van der Waals surface area contributed by atoms with Gasteiger partial charge < -0.3 is 30.2 Å². The van der Waals surface area contributed by atoms with Crippen molar-refractivity contribution < 1.29 is 23.9 Å². The Morgan fingerprint density at radius 3 is 1.65 bits per heavy atom. The van der Waals surface area contributed by atoms with E-state index in [1.807, 2.05) is 7.05 Å². The fourth-order valence-electron chi connectivity index (χ4n) is 4.23. The van der Waals surface area contributed by atoms with E-state index in [1.54, 1.807) is 6.92 Å². The van der Waals surface area contributed by atoms with Gasteiger partial charge in [-0.2, -0.15) is 0 Å². The summed E-state index contributed by atoms with van der Waals surface area (Å²) < 4.78 is 12.1. The lowest BCUT2D eigenvalue weighted by molar-refractivity contribution is -0.230. The molecule has 0 heterocycles. The van der Waals surface area contributed by atoms with Crippen LogP contribution < -0.4 is 16.0 Å². The zero-order chi connectivity index (χ0) is 24.9. The molecule has 0 aromatic heterocycles. The number of ether oxygens (including phenoxy) is 2. The number of amides is 2.